The molecular weight excluding hydrogens is 240 g/mol. The molecule has 0 saturated heterocycles. The monoisotopic (exact) mass is 252 g/mol. The Balaban J connectivity index is 2.73. The van der Waals surface area contributed by atoms with Crippen molar-refractivity contribution in [2.45, 2.75) is 20.8 Å². The fraction of sp³-hybridized carbons (Fsp3) is 0.333. The van der Waals surface area contributed by atoms with Crippen LogP contribution in [0, 0.1) is 13.8 Å². The van der Waals surface area contributed by atoms with E-state index in [4.69, 9.17) is 16.3 Å². The number of hydrogen-bond acceptors (Lipinski definition) is 3. The zero-order chi connectivity index (χ0) is 12.6. The minimum atomic E-state index is -0.372. The van der Waals surface area contributed by atoms with Gasteiger partial charge in [-0.25, -0.2) is 9.78 Å². The van der Waals surface area contributed by atoms with Crippen LogP contribution in [0.5, 0.6) is 0 Å². The summed E-state index contributed by atoms with van der Waals surface area (Å²) >= 11 is 6.05. The molecule has 2 rings (SSSR count). The number of ether oxygens (including phenoxy) is 1. The van der Waals surface area contributed by atoms with Gasteiger partial charge in [-0.15, -0.1) is 0 Å². The summed E-state index contributed by atoms with van der Waals surface area (Å²) < 4.78 is 6.76. The highest BCUT2D eigenvalue weighted by Gasteiger charge is 2.19. The molecule has 0 spiro atoms. The van der Waals surface area contributed by atoms with Gasteiger partial charge in [-0.3, -0.25) is 4.40 Å². The van der Waals surface area contributed by atoms with Crippen molar-refractivity contribution >= 4 is 23.2 Å². The van der Waals surface area contributed by atoms with Crippen LogP contribution < -0.4 is 0 Å². The number of carbonyl (C=O) groups excluding carboxylic acids is 1. The molecule has 2 heterocycles. The van der Waals surface area contributed by atoms with E-state index in [0.29, 0.717) is 28.7 Å². The number of imidazole rings is 1. The van der Waals surface area contributed by atoms with Gasteiger partial charge in [-0.1, -0.05) is 11.6 Å². The van der Waals surface area contributed by atoms with Crippen LogP contribution in [-0.4, -0.2) is 22.0 Å². The Bertz CT molecular complexity index is 590. The van der Waals surface area contributed by atoms with Crippen molar-refractivity contribution in [3.05, 3.63) is 34.2 Å². The molecule has 0 saturated carbocycles. The second kappa shape index (κ2) is 4.37. The third-order valence-electron chi connectivity index (χ3n) is 2.61. The molecule has 0 atom stereocenters. The van der Waals surface area contributed by atoms with Gasteiger partial charge < -0.3 is 4.74 Å². The predicted octanol–water partition coefficient (Wildman–Crippen LogP) is 2.78. The zero-order valence-corrected chi connectivity index (χ0v) is 10.7. The quantitative estimate of drug-likeness (QED) is 0.772. The Hall–Kier alpha value is -1.55. The second-order valence-corrected chi connectivity index (χ2v) is 4.13. The first-order chi connectivity index (χ1) is 8.06. The molecule has 17 heavy (non-hydrogen) atoms. The lowest BCUT2D eigenvalue weighted by Gasteiger charge is -2.06. The maximum Gasteiger partial charge on any atom is 0.357 e. The van der Waals surface area contributed by atoms with E-state index in [1.807, 2.05) is 6.92 Å². The van der Waals surface area contributed by atoms with E-state index < -0.39 is 0 Å². The molecular formula is C12H13ClN2O2. The summed E-state index contributed by atoms with van der Waals surface area (Å²) in [5.74, 6) is -0.372. The minimum Gasteiger partial charge on any atom is -0.461 e. The number of esters is 1. The summed E-state index contributed by atoms with van der Waals surface area (Å²) in [5.41, 5.74) is 2.58. The molecule has 0 radical (unpaired) electrons. The van der Waals surface area contributed by atoms with Crippen molar-refractivity contribution in [3.8, 4) is 0 Å². The van der Waals surface area contributed by atoms with Gasteiger partial charge in [0.2, 0.25) is 0 Å². The van der Waals surface area contributed by atoms with Crippen LogP contribution in [0.1, 0.15) is 28.8 Å². The molecule has 0 N–H and O–H groups in total. The Kier molecular flexibility index (Phi) is 3.07. The number of pyridine rings is 1. The number of aryl methyl sites for hydroxylation is 2. The average Bonchev–Trinajstić information content (AvgIpc) is 2.61. The normalized spacial score (nSPS) is 10.8. The van der Waals surface area contributed by atoms with E-state index in [9.17, 15) is 4.79 Å². The highest BCUT2D eigenvalue weighted by Crippen LogP contribution is 2.21. The second-order valence-electron chi connectivity index (χ2n) is 3.73. The Morgan fingerprint density at radius 2 is 2.18 bits per heavy atom. The molecule has 90 valence electrons. The standard InChI is InChI=1S/C12H13ClN2O2/c1-4-17-12(16)11-7(2)14-10-6-5-9(13)8(3)15(10)11/h5-6H,4H2,1-3H3. The first-order valence-electron chi connectivity index (χ1n) is 5.37. The van der Waals surface area contributed by atoms with E-state index in [1.165, 1.54) is 0 Å². The first kappa shape index (κ1) is 11.9. The lowest BCUT2D eigenvalue weighted by atomic mass is 10.3. The highest BCUT2D eigenvalue weighted by atomic mass is 35.5. The van der Waals surface area contributed by atoms with Crippen molar-refractivity contribution < 1.29 is 9.53 Å². The molecule has 5 heteroatoms. The molecule has 0 fully saturated rings. The molecule has 0 bridgehead atoms. The van der Waals surface area contributed by atoms with Crippen LogP contribution in [0.15, 0.2) is 12.1 Å². The summed E-state index contributed by atoms with van der Waals surface area (Å²) in [6, 6.07) is 3.55. The molecule has 0 amide bonds. The number of nitrogens with zero attached hydrogens (tertiary/aromatic N) is 2. The molecule has 2 aromatic rings. The van der Waals surface area contributed by atoms with Crippen LogP contribution in [0.4, 0.5) is 0 Å². The molecule has 0 aromatic carbocycles. The van der Waals surface area contributed by atoms with Crippen LogP contribution in [0.2, 0.25) is 5.02 Å². The maximum absolute atomic E-state index is 11.9. The number of halogens is 1. The van der Waals surface area contributed by atoms with Crippen molar-refractivity contribution in [1.82, 2.24) is 9.38 Å². The summed E-state index contributed by atoms with van der Waals surface area (Å²) in [7, 11) is 0. The molecule has 0 aliphatic heterocycles. The van der Waals surface area contributed by atoms with Crippen LogP contribution >= 0.6 is 11.6 Å². The summed E-state index contributed by atoms with van der Waals surface area (Å²) in [4.78, 5) is 16.2. The largest absolute Gasteiger partial charge is 0.461 e. The van der Waals surface area contributed by atoms with Gasteiger partial charge in [-0.05, 0) is 32.9 Å². The smallest absolute Gasteiger partial charge is 0.357 e. The zero-order valence-electron chi connectivity index (χ0n) is 9.95. The summed E-state index contributed by atoms with van der Waals surface area (Å²) in [5, 5.41) is 0.598. The van der Waals surface area contributed by atoms with Gasteiger partial charge in [0.15, 0.2) is 5.69 Å². The van der Waals surface area contributed by atoms with E-state index in [1.54, 1.807) is 30.4 Å². The number of rotatable bonds is 2. The van der Waals surface area contributed by atoms with Gasteiger partial charge in [0.05, 0.1) is 17.3 Å². The van der Waals surface area contributed by atoms with Crippen molar-refractivity contribution in [2.24, 2.45) is 0 Å². The number of hydrogen-bond donors (Lipinski definition) is 0. The molecule has 2 aromatic heterocycles. The van der Waals surface area contributed by atoms with Gasteiger partial charge >= 0.3 is 5.97 Å². The minimum absolute atomic E-state index is 0.338. The molecule has 0 aliphatic carbocycles. The van der Waals surface area contributed by atoms with Gasteiger partial charge in [0.25, 0.3) is 0 Å². The Morgan fingerprint density at radius 1 is 1.47 bits per heavy atom. The Labute approximate surface area is 104 Å². The highest BCUT2D eigenvalue weighted by molar-refractivity contribution is 6.31. The SMILES string of the molecule is CCOC(=O)c1c(C)nc2ccc(Cl)c(C)n12. The number of carbonyl (C=O) groups is 1. The molecule has 0 unspecified atom stereocenters. The van der Waals surface area contributed by atoms with E-state index in [0.717, 1.165) is 5.69 Å². The van der Waals surface area contributed by atoms with Crippen LogP contribution in [-0.2, 0) is 4.74 Å². The van der Waals surface area contributed by atoms with E-state index in [-0.39, 0.29) is 5.97 Å². The van der Waals surface area contributed by atoms with Crippen LogP contribution in [0.3, 0.4) is 0 Å². The third kappa shape index (κ3) is 1.89. The van der Waals surface area contributed by atoms with E-state index >= 15 is 0 Å². The molecule has 0 aliphatic rings. The lowest BCUT2D eigenvalue weighted by molar-refractivity contribution is 0.0517. The van der Waals surface area contributed by atoms with Crippen molar-refractivity contribution in [1.29, 1.82) is 0 Å². The predicted molar refractivity (Wildman–Crippen MR) is 65.6 cm³/mol. The van der Waals surface area contributed by atoms with Gasteiger partial charge in [0.1, 0.15) is 5.65 Å². The topological polar surface area (TPSA) is 43.6 Å². The Morgan fingerprint density at radius 3 is 2.82 bits per heavy atom. The fourth-order valence-electron chi connectivity index (χ4n) is 1.82. The summed E-state index contributed by atoms with van der Waals surface area (Å²) in [6.07, 6.45) is 0. The van der Waals surface area contributed by atoms with Crippen LogP contribution in [0.25, 0.3) is 5.65 Å². The molecule has 4 nitrogen and oxygen atoms in total. The lowest BCUT2D eigenvalue weighted by Crippen LogP contribution is -2.11. The van der Waals surface area contributed by atoms with Gasteiger partial charge in [-0.2, -0.15) is 0 Å². The fourth-order valence-corrected chi connectivity index (χ4v) is 1.96. The van der Waals surface area contributed by atoms with Crippen molar-refractivity contribution in [2.75, 3.05) is 6.61 Å². The van der Waals surface area contributed by atoms with E-state index in [2.05, 4.69) is 4.98 Å². The summed E-state index contributed by atoms with van der Waals surface area (Å²) in [6.45, 7) is 5.74. The third-order valence-corrected chi connectivity index (χ3v) is 3.01. The average molecular weight is 253 g/mol. The van der Waals surface area contributed by atoms with Crippen molar-refractivity contribution in [3.63, 3.8) is 0 Å². The van der Waals surface area contributed by atoms with Gasteiger partial charge in [0, 0.05) is 5.69 Å². The number of aromatic nitrogens is 2. The first-order valence-corrected chi connectivity index (χ1v) is 5.75. The number of fused-ring (bicyclic) bond motifs is 1. The maximum atomic E-state index is 11.9.